The molecule has 2 fully saturated rings. The summed E-state index contributed by atoms with van der Waals surface area (Å²) in [6.07, 6.45) is 9.03. The van der Waals surface area contributed by atoms with Crippen LogP contribution in [0, 0.1) is 10.8 Å². The largest absolute Gasteiger partial charge is 0.495 e. The van der Waals surface area contributed by atoms with Gasteiger partial charge in [-0.05, 0) is 88.3 Å². The lowest BCUT2D eigenvalue weighted by Crippen LogP contribution is -2.55. The van der Waals surface area contributed by atoms with Gasteiger partial charge in [-0.25, -0.2) is 9.78 Å². The summed E-state index contributed by atoms with van der Waals surface area (Å²) >= 11 is 0. The first-order valence-electron chi connectivity index (χ1n) is 19.7. The minimum absolute atomic E-state index is 0.0725. The number of amides is 3. The fourth-order valence-electron chi connectivity index (χ4n) is 8.21. The second-order valence-electron chi connectivity index (χ2n) is 17.8. The molecule has 1 unspecified atom stereocenters. The molecule has 13 heteroatoms. The number of hydrogen-bond donors (Lipinski definition) is 2. The van der Waals surface area contributed by atoms with Crippen molar-refractivity contribution in [2.45, 2.75) is 131 Å². The quantitative estimate of drug-likeness (QED) is 0.214. The lowest BCUT2D eigenvalue weighted by atomic mass is 9.75. The molecule has 2 N–H and O–H groups in total. The monoisotopic (exact) mass is 749 g/mol. The summed E-state index contributed by atoms with van der Waals surface area (Å²) in [6.45, 7) is 18.7. The van der Waals surface area contributed by atoms with Gasteiger partial charge in [-0.1, -0.05) is 47.5 Å². The van der Waals surface area contributed by atoms with Gasteiger partial charge in [-0.2, -0.15) is 4.98 Å². The summed E-state index contributed by atoms with van der Waals surface area (Å²) in [7, 11) is 3.36. The van der Waals surface area contributed by atoms with Crippen LogP contribution in [0.1, 0.15) is 117 Å². The first-order chi connectivity index (χ1) is 25.4. The molecule has 1 atom stereocenters. The van der Waals surface area contributed by atoms with E-state index in [2.05, 4.69) is 48.2 Å². The van der Waals surface area contributed by atoms with Crippen molar-refractivity contribution in [1.82, 2.24) is 20.2 Å². The number of benzene rings is 1. The molecule has 1 aromatic carbocycles. The molecule has 54 heavy (non-hydrogen) atoms. The lowest BCUT2D eigenvalue weighted by Gasteiger charge is -2.43. The van der Waals surface area contributed by atoms with Gasteiger partial charge in [0.1, 0.15) is 23.1 Å². The van der Waals surface area contributed by atoms with E-state index in [0.29, 0.717) is 61.3 Å². The van der Waals surface area contributed by atoms with E-state index < -0.39 is 5.60 Å². The van der Waals surface area contributed by atoms with Gasteiger partial charge in [0.2, 0.25) is 11.9 Å². The maximum absolute atomic E-state index is 13.4. The molecule has 3 amide bonds. The van der Waals surface area contributed by atoms with Gasteiger partial charge in [0.05, 0.1) is 31.7 Å². The summed E-state index contributed by atoms with van der Waals surface area (Å²) in [5.41, 5.74) is 0.998. The molecule has 2 aliphatic heterocycles. The molecule has 1 saturated carbocycles. The van der Waals surface area contributed by atoms with E-state index in [9.17, 15) is 14.4 Å². The molecule has 0 spiro atoms. The number of ether oxygens (including phenoxy) is 3. The molecule has 0 radical (unpaired) electrons. The van der Waals surface area contributed by atoms with Crippen molar-refractivity contribution in [3.8, 4) is 5.75 Å². The first-order valence-corrected chi connectivity index (χ1v) is 19.7. The van der Waals surface area contributed by atoms with Crippen LogP contribution >= 0.6 is 0 Å². The highest BCUT2D eigenvalue weighted by Crippen LogP contribution is 2.41. The number of anilines is 4. The number of likely N-dealkylation sites (tertiary alicyclic amines) is 1. The Kier molecular flexibility index (Phi) is 12.7. The minimum atomic E-state index is -0.506. The molecule has 298 valence electrons. The van der Waals surface area contributed by atoms with Gasteiger partial charge in [0, 0.05) is 38.3 Å². The van der Waals surface area contributed by atoms with Gasteiger partial charge in [0.25, 0.3) is 5.91 Å². The van der Waals surface area contributed by atoms with Crippen molar-refractivity contribution in [3.05, 3.63) is 30.0 Å². The van der Waals surface area contributed by atoms with E-state index in [4.69, 9.17) is 19.2 Å². The zero-order valence-corrected chi connectivity index (χ0v) is 34.2. The van der Waals surface area contributed by atoms with Gasteiger partial charge >= 0.3 is 6.09 Å². The molecule has 3 aliphatic rings. The average molecular weight is 750 g/mol. The zero-order chi connectivity index (χ0) is 39.4. The van der Waals surface area contributed by atoms with Crippen LogP contribution in [0.25, 0.3) is 0 Å². The Hall–Kier alpha value is -4.13. The highest BCUT2D eigenvalue weighted by atomic mass is 16.6. The Labute approximate surface area is 321 Å². The minimum Gasteiger partial charge on any atom is -0.495 e. The molecule has 3 heterocycles. The van der Waals surface area contributed by atoms with E-state index in [-0.39, 0.29) is 46.9 Å². The van der Waals surface area contributed by atoms with Crippen LogP contribution in [-0.4, -0.2) is 97.0 Å². The van der Waals surface area contributed by atoms with Crippen molar-refractivity contribution >= 4 is 41.0 Å². The van der Waals surface area contributed by atoms with Crippen LogP contribution in [0.4, 0.5) is 27.9 Å². The topological polar surface area (TPSA) is 138 Å². The number of hydrogen-bond acceptors (Lipinski definition) is 10. The highest BCUT2D eigenvalue weighted by Gasteiger charge is 2.41. The van der Waals surface area contributed by atoms with Crippen LogP contribution in [0.2, 0.25) is 0 Å². The maximum Gasteiger partial charge on any atom is 0.410 e. The molecule has 1 aliphatic carbocycles. The Balaban J connectivity index is 1.16. The molecule has 1 saturated heterocycles. The number of methoxy groups -OCH3 is 1. The Bertz CT molecular complexity index is 1640. The third kappa shape index (κ3) is 10.1. The Morgan fingerprint density at radius 2 is 1.67 bits per heavy atom. The standard InChI is InChI=1S/C41H63N7O6/c1-11-31-36(50)46(9)32-23-42-37(45-34(32)48(31)28-14-12-13-15-28)44-30-17-16-27(22-33(30)52-10)35(49)43-25-40(5,6)24-41(7,8)26-53-29-18-20-47(21-19-29)38(51)54-39(2,3)4/h16-17,22-23,28-29,31H,11-15,18-21,24-26H2,1-10H3,(H,43,49)(H,42,44,45). The number of carbonyl (C=O) groups is 3. The van der Waals surface area contributed by atoms with Crippen molar-refractivity contribution in [3.63, 3.8) is 0 Å². The fourth-order valence-corrected chi connectivity index (χ4v) is 8.21. The smallest absolute Gasteiger partial charge is 0.410 e. The predicted molar refractivity (Wildman–Crippen MR) is 212 cm³/mol. The van der Waals surface area contributed by atoms with Gasteiger partial charge in [-0.3, -0.25) is 9.59 Å². The number of aromatic nitrogens is 2. The second-order valence-corrected chi connectivity index (χ2v) is 17.8. The van der Waals surface area contributed by atoms with Crippen LogP contribution in [0.15, 0.2) is 24.4 Å². The van der Waals surface area contributed by atoms with Gasteiger partial charge in [-0.15, -0.1) is 0 Å². The molecule has 2 aromatic rings. The van der Waals surface area contributed by atoms with E-state index in [0.717, 1.165) is 50.8 Å². The number of nitrogens with zero attached hydrogens (tertiary/aromatic N) is 5. The third-order valence-corrected chi connectivity index (χ3v) is 10.6. The third-order valence-electron chi connectivity index (χ3n) is 10.6. The molecule has 13 nitrogen and oxygen atoms in total. The number of piperidine rings is 1. The van der Waals surface area contributed by atoms with Crippen LogP contribution in [-0.2, 0) is 14.3 Å². The van der Waals surface area contributed by atoms with Crippen LogP contribution in [0.3, 0.4) is 0 Å². The Morgan fingerprint density at radius 1 is 0.981 bits per heavy atom. The SMILES string of the molecule is CCC1C(=O)N(C)c2cnc(Nc3ccc(C(=O)NCC(C)(C)CC(C)(C)COC4CCN(C(=O)OC(C)(C)C)CC4)cc3OC)nc2N1C1CCCC1. The Morgan fingerprint density at radius 3 is 2.30 bits per heavy atom. The normalized spacial score (nSPS) is 18.8. The first kappa shape index (κ1) is 41.0. The second kappa shape index (κ2) is 16.7. The van der Waals surface area contributed by atoms with E-state index in [1.54, 1.807) is 48.4 Å². The van der Waals surface area contributed by atoms with E-state index in [1.807, 2.05) is 27.7 Å². The number of likely N-dealkylation sites (N-methyl/N-ethyl adjacent to an activating group) is 1. The maximum atomic E-state index is 13.4. The fraction of sp³-hybridized carbons (Fsp3) is 0.683. The van der Waals surface area contributed by atoms with Crippen molar-refractivity contribution < 1.29 is 28.6 Å². The predicted octanol–water partition coefficient (Wildman–Crippen LogP) is 7.32. The van der Waals surface area contributed by atoms with Crippen molar-refractivity contribution in [2.24, 2.45) is 10.8 Å². The summed E-state index contributed by atoms with van der Waals surface area (Å²) in [5.74, 6) is 1.54. The number of rotatable bonds is 13. The van der Waals surface area contributed by atoms with Gasteiger partial charge < -0.3 is 39.5 Å². The molecule has 1 aromatic heterocycles. The van der Waals surface area contributed by atoms with Crippen LogP contribution < -0.4 is 25.2 Å². The highest BCUT2D eigenvalue weighted by molar-refractivity contribution is 6.04. The lowest BCUT2D eigenvalue weighted by molar-refractivity contribution is -0.120. The molecule has 5 rings (SSSR count). The molecule has 0 bridgehead atoms. The molecular weight excluding hydrogens is 686 g/mol. The molecular formula is C41H63N7O6. The van der Waals surface area contributed by atoms with E-state index in [1.165, 1.54) is 0 Å². The number of carbonyl (C=O) groups excluding carboxylic acids is 3. The van der Waals surface area contributed by atoms with Crippen LogP contribution in [0.5, 0.6) is 5.75 Å². The van der Waals surface area contributed by atoms with Crippen molar-refractivity contribution in [1.29, 1.82) is 0 Å². The van der Waals surface area contributed by atoms with Crippen molar-refractivity contribution in [2.75, 3.05) is 55.5 Å². The number of nitrogens with one attached hydrogen (secondary N) is 2. The summed E-state index contributed by atoms with van der Waals surface area (Å²) in [4.78, 5) is 54.3. The zero-order valence-electron chi connectivity index (χ0n) is 34.2. The van der Waals surface area contributed by atoms with Gasteiger partial charge in [0.15, 0.2) is 5.82 Å². The summed E-state index contributed by atoms with van der Waals surface area (Å²) in [5, 5.41) is 6.43. The summed E-state index contributed by atoms with van der Waals surface area (Å²) in [6, 6.07) is 5.31. The summed E-state index contributed by atoms with van der Waals surface area (Å²) < 4.78 is 17.6. The number of fused-ring (bicyclic) bond motifs is 1. The van der Waals surface area contributed by atoms with E-state index >= 15 is 0 Å². The average Bonchev–Trinajstić information content (AvgIpc) is 3.65.